The van der Waals surface area contributed by atoms with Gasteiger partial charge in [0.2, 0.25) is 10.0 Å². The standard InChI is InChI=1S/C21H26ClN5O3S/c1-4-31(28,29)26(3)17-10-6-5-9-15(17)24-16-13-18(22)25-21-20(16)23-14(2)27(21)19-11-7-8-12-30-19/h5-6,9-10,13,19H,4,7-8,11-12H2,1-3H3,(H,24,25). The number of pyridine rings is 1. The number of ether oxygens (including phenoxy) is 1. The fourth-order valence-electron chi connectivity index (χ4n) is 3.85. The Morgan fingerprint density at radius 3 is 2.74 bits per heavy atom. The van der Waals surface area contributed by atoms with Crippen molar-refractivity contribution in [1.82, 2.24) is 14.5 Å². The summed E-state index contributed by atoms with van der Waals surface area (Å²) in [6.07, 6.45) is 2.91. The highest BCUT2D eigenvalue weighted by molar-refractivity contribution is 7.92. The maximum absolute atomic E-state index is 12.4. The lowest BCUT2D eigenvalue weighted by molar-refractivity contribution is -0.0309. The van der Waals surface area contributed by atoms with Crippen LogP contribution >= 0.6 is 11.6 Å². The molecule has 10 heteroatoms. The molecule has 0 spiro atoms. The van der Waals surface area contributed by atoms with Gasteiger partial charge in [0.25, 0.3) is 0 Å². The summed E-state index contributed by atoms with van der Waals surface area (Å²) >= 11 is 6.37. The first-order valence-electron chi connectivity index (χ1n) is 10.3. The molecule has 1 unspecified atom stereocenters. The Labute approximate surface area is 187 Å². The van der Waals surface area contributed by atoms with Crippen molar-refractivity contribution in [3.05, 3.63) is 41.3 Å². The van der Waals surface area contributed by atoms with Crippen molar-refractivity contribution >= 4 is 49.9 Å². The summed E-state index contributed by atoms with van der Waals surface area (Å²) < 4.78 is 34.1. The van der Waals surface area contributed by atoms with Crippen LogP contribution in [0.15, 0.2) is 30.3 Å². The molecule has 1 aliphatic heterocycles. The SMILES string of the molecule is CCS(=O)(=O)N(C)c1ccccc1Nc1cc(Cl)nc2c1nc(C)n2C1CCCCO1. The van der Waals surface area contributed by atoms with Gasteiger partial charge in [-0.25, -0.2) is 18.4 Å². The number of nitrogens with one attached hydrogen (secondary N) is 1. The molecule has 0 saturated carbocycles. The molecule has 1 aliphatic rings. The monoisotopic (exact) mass is 463 g/mol. The van der Waals surface area contributed by atoms with E-state index in [2.05, 4.69) is 10.3 Å². The van der Waals surface area contributed by atoms with E-state index in [4.69, 9.17) is 21.3 Å². The van der Waals surface area contributed by atoms with Gasteiger partial charge in [-0.1, -0.05) is 23.7 Å². The normalized spacial score (nSPS) is 17.1. The number of imidazole rings is 1. The van der Waals surface area contributed by atoms with Crippen LogP contribution in [0.1, 0.15) is 38.2 Å². The average Bonchev–Trinajstić information content (AvgIpc) is 3.10. The van der Waals surface area contributed by atoms with Crippen LogP contribution in [0.25, 0.3) is 11.2 Å². The summed E-state index contributed by atoms with van der Waals surface area (Å²) in [5.41, 5.74) is 3.13. The number of benzene rings is 1. The Balaban J connectivity index is 1.79. The van der Waals surface area contributed by atoms with Crippen LogP contribution < -0.4 is 9.62 Å². The van der Waals surface area contributed by atoms with E-state index in [1.165, 1.54) is 4.31 Å². The molecular formula is C21H26ClN5O3S. The number of aromatic nitrogens is 3. The number of anilines is 3. The van der Waals surface area contributed by atoms with Gasteiger partial charge in [-0.2, -0.15) is 0 Å². The van der Waals surface area contributed by atoms with Gasteiger partial charge in [-0.3, -0.25) is 8.87 Å². The van der Waals surface area contributed by atoms with Crippen LogP contribution in [-0.2, 0) is 14.8 Å². The number of sulfonamides is 1. The molecule has 3 heterocycles. The van der Waals surface area contributed by atoms with Gasteiger partial charge < -0.3 is 10.1 Å². The third-order valence-corrected chi connectivity index (χ3v) is 7.49. The third-order valence-electron chi connectivity index (χ3n) is 5.53. The molecule has 3 aromatic rings. The minimum atomic E-state index is -3.42. The van der Waals surface area contributed by atoms with Crippen LogP contribution in [0.5, 0.6) is 0 Å². The molecule has 2 aromatic heterocycles. The zero-order valence-electron chi connectivity index (χ0n) is 17.8. The van der Waals surface area contributed by atoms with Gasteiger partial charge in [0, 0.05) is 19.7 Å². The molecule has 0 bridgehead atoms. The van der Waals surface area contributed by atoms with Crippen molar-refractivity contribution in [3.63, 3.8) is 0 Å². The Bertz CT molecular complexity index is 1210. The lowest BCUT2D eigenvalue weighted by atomic mass is 10.2. The van der Waals surface area contributed by atoms with E-state index in [-0.39, 0.29) is 12.0 Å². The average molecular weight is 464 g/mol. The van der Waals surface area contributed by atoms with Crippen molar-refractivity contribution in [2.24, 2.45) is 0 Å². The number of halogens is 1. The number of rotatable bonds is 6. The maximum Gasteiger partial charge on any atom is 0.234 e. The highest BCUT2D eigenvalue weighted by atomic mass is 35.5. The van der Waals surface area contributed by atoms with E-state index in [1.54, 1.807) is 32.2 Å². The summed E-state index contributed by atoms with van der Waals surface area (Å²) in [5.74, 6) is 0.799. The molecule has 0 aliphatic carbocycles. The molecule has 31 heavy (non-hydrogen) atoms. The van der Waals surface area contributed by atoms with E-state index in [1.807, 2.05) is 23.6 Å². The minimum absolute atomic E-state index is 0.00809. The molecule has 1 fully saturated rings. The first-order valence-corrected chi connectivity index (χ1v) is 12.3. The van der Waals surface area contributed by atoms with Crippen molar-refractivity contribution in [1.29, 1.82) is 0 Å². The molecule has 0 amide bonds. The van der Waals surface area contributed by atoms with Gasteiger partial charge in [-0.15, -0.1) is 0 Å². The van der Waals surface area contributed by atoms with Crippen LogP contribution in [0.4, 0.5) is 17.1 Å². The van der Waals surface area contributed by atoms with Gasteiger partial charge in [0.15, 0.2) is 5.65 Å². The Kier molecular flexibility index (Phi) is 6.09. The maximum atomic E-state index is 12.4. The molecule has 1 saturated heterocycles. The fraction of sp³-hybridized carbons (Fsp3) is 0.429. The molecule has 0 radical (unpaired) electrons. The first kappa shape index (κ1) is 21.9. The van der Waals surface area contributed by atoms with E-state index >= 15 is 0 Å². The van der Waals surface area contributed by atoms with Gasteiger partial charge in [0.1, 0.15) is 22.7 Å². The van der Waals surface area contributed by atoms with E-state index in [9.17, 15) is 8.42 Å². The topological polar surface area (TPSA) is 89.4 Å². The number of nitrogens with zero attached hydrogens (tertiary/aromatic N) is 4. The van der Waals surface area contributed by atoms with Gasteiger partial charge in [0.05, 0.1) is 22.8 Å². The van der Waals surface area contributed by atoms with Crippen LogP contribution in [0.3, 0.4) is 0 Å². The van der Waals surface area contributed by atoms with Crippen LogP contribution in [0, 0.1) is 6.92 Å². The first-order chi connectivity index (χ1) is 14.8. The Morgan fingerprint density at radius 1 is 1.26 bits per heavy atom. The minimum Gasteiger partial charge on any atom is -0.358 e. The summed E-state index contributed by atoms with van der Waals surface area (Å²) in [7, 11) is -1.87. The Morgan fingerprint density at radius 2 is 2.03 bits per heavy atom. The van der Waals surface area contributed by atoms with E-state index in [0.29, 0.717) is 40.0 Å². The van der Waals surface area contributed by atoms with Crippen molar-refractivity contribution in [2.45, 2.75) is 39.3 Å². The second-order valence-corrected chi connectivity index (χ2v) is 10.2. The number of para-hydroxylation sites is 2. The number of hydrogen-bond donors (Lipinski definition) is 1. The summed E-state index contributed by atoms with van der Waals surface area (Å²) in [5, 5.41) is 3.65. The van der Waals surface area contributed by atoms with E-state index < -0.39 is 10.0 Å². The van der Waals surface area contributed by atoms with Gasteiger partial charge >= 0.3 is 0 Å². The molecule has 1 N–H and O–H groups in total. The molecule has 1 aromatic carbocycles. The van der Waals surface area contributed by atoms with Gasteiger partial charge in [-0.05, 0) is 45.2 Å². The van der Waals surface area contributed by atoms with Crippen molar-refractivity contribution in [2.75, 3.05) is 29.0 Å². The molecule has 4 rings (SSSR count). The lowest BCUT2D eigenvalue weighted by Crippen LogP contribution is -2.28. The third kappa shape index (κ3) is 4.22. The predicted octanol–water partition coefficient (Wildman–Crippen LogP) is 4.62. The molecular weight excluding hydrogens is 438 g/mol. The lowest BCUT2D eigenvalue weighted by Gasteiger charge is -2.25. The predicted molar refractivity (Wildman–Crippen MR) is 124 cm³/mol. The number of fused-ring (bicyclic) bond motifs is 1. The van der Waals surface area contributed by atoms with Crippen LogP contribution in [0.2, 0.25) is 5.15 Å². The highest BCUT2D eigenvalue weighted by Gasteiger charge is 2.24. The quantitative estimate of drug-likeness (QED) is 0.536. The Hall–Kier alpha value is -2.36. The number of hydrogen-bond acceptors (Lipinski definition) is 6. The highest BCUT2D eigenvalue weighted by Crippen LogP contribution is 2.35. The molecule has 166 valence electrons. The van der Waals surface area contributed by atoms with Crippen molar-refractivity contribution < 1.29 is 13.2 Å². The van der Waals surface area contributed by atoms with Crippen molar-refractivity contribution in [3.8, 4) is 0 Å². The number of aryl methyl sites for hydroxylation is 1. The second kappa shape index (κ2) is 8.64. The summed E-state index contributed by atoms with van der Waals surface area (Å²) in [6, 6.07) is 8.93. The van der Waals surface area contributed by atoms with E-state index in [0.717, 1.165) is 25.1 Å². The fourth-order valence-corrected chi connectivity index (χ4v) is 4.89. The zero-order chi connectivity index (χ0) is 22.2. The summed E-state index contributed by atoms with van der Waals surface area (Å²) in [4.78, 5) is 9.26. The zero-order valence-corrected chi connectivity index (χ0v) is 19.4. The molecule has 8 nitrogen and oxygen atoms in total. The molecule has 1 atom stereocenters. The second-order valence-electron chi connectivity index (χ2n) is 7.53. The smallest absolute Gasteiger partial charge is 0.234 e. The van der Waals surface area contributed by atoms with Crippen LogP contribution in [-0.4, -0.2) is 42.4 Å². The largest absolute Gasteiger partial charge is 0.358 e. The summed E-state index contributed by atoms with van der Waals surface area (Å²) in [6.45, 7) is 4.25.